The summed E-state index contributed by atoms with van der Waals surface area (Å²) in [5.74, 6) is 0.0576. The number of sulfonamides is 1. The SMILES string of the molecule is CC(C)(C)OC(=O)C(C)(C)Oc1ccc(CCc2cccc(NS(=O)(=O)c3ccc(C(F)(F)F)cc3)c2)cc1. The zero-order chi connectivity index (χ0) is 29.1. The predicted octanol–water partition coefficient (Wildman–Crippen LogP) is 6.79. The molecule has 1 N–H and O–H groups in total. The zero-order valence-electron chi connectivity index (χ0n) is 22.4. The van der Waals surface area contributed by atoms with Gasteiger partial charge in [0, 0.05) is 5.69 Å². The third kappa shape index (κ3) is 8.74. The van der Waals surface area contributed by atoms with Crippen molar-refractivity contribution in [3.05, 3.63) is 89.5 Å². The molecule has 0 radical (unpaired) electrons. The summed E-state index contributed by atoms with van der Waals surface area (Å²) in [4.78, 5) is 12.2. The molecule has 0 spiro atoms. The maximum atomic E-state index is 12.8. The van der Waals surface area contributed by atoms with Gasteiger partial charge >= 0.3 is 12.1 Å². The van der Waals surface area contributed by atoms with E-state index in [4.69, 9.17) is 9.47 Å². The van der Waals surface area contributed by atoms with Crippen molar-refractivity contribution in [2.75, 3.05) is 4.72 Å². The van der Waals surface area contributed by atoms with E-state index in [0.717, 1.165) is 35.4 Å². The number of esters is 1. The Bertz CT molecular complexity index is 1390. The Morgan fingerprint density at radius 3 is 1.97 bits per heavy atom. The largest absolute Gasteiger partial charge is 0.476 e. The van der Waals surface area contributed by atoms with Gasteiger partial charge in [-0.05, 0) is 107 Å². The lowest BCUT2D eigenvalue weighted by atomic mass is 10.0. The van der Waals surface area contributed by atoms with Crippen molar-refractivity contribution in [2.24, 2.45) is 0 Å². The van der Waals surface area contributed by atoms with Crippen molar-refractivity contribution in [1.82, 2.24) is 0 Å². The maximum Gasteiger partial charge on any atom is 0.416 e. The number of carbonyl (C=O) groups excluding carboxylic acids is 1. The number of carbonyl (C=O) groups is 1. The van der Waals surface area contributed by atoms with Gasteiger partial charge in [0.25, 0.3) is 10.0 Å². The molecule has 0 amide bonds. The monoisotopic (exact) mass is 563 g/mol. The van der Waals surface area contributed by atoms with Gasteiger partial charge in [0.1, 0.15) is 11.4 Å². The molecule has 3 rings (SSSR count). The Kier molecular flexibility index (Phi) is 8.69. The maximum absolute atomic E-state index is 12.8. The van der Waals surface area contributed by atoms with Gasteiger partial charge in [0.05, 0.1) is 10.5 Å². The molecule has 0 atom stereocenters. The summed E-state index contributed by atoms with van der Waals surface area (Å²) in [6.45, 7) is 8.67. The zero-order valence-corrected chi connectivity index (χ0v) is 23.2. The Hall–Kier alpha value is -3.53. The second-order valence-electron chi connectivity index (χ2n) is 10.6. The Morgan fingerprint density at radius 1 is 0.821 bits per heavy atom. The van der Waals surface area contributed by atoms with Gasteiger partial charge in [-0.3, -0.25) is 4.72 Å². The molecule has 0 heterocycles. The number of alkyl halides is 3. The van der Waals surface area contributed by atoms with Crippen LogP contribution in [0.2, 0.25) is 0 Å². The highest BCUT2D eigenvalue weighted by atomic mass is 32.2. The summed E-state index contributed by atoms with van der Waals surface area (Å²) >= 11 is 0. The summed E-state index contributed by atoms with van der Waals surface area (Å²) in [5.41, 5.74) is -0.526. The molecule has 0 fully saturated rings. The van der Waals surface area contributed by atoms with Crippen LogP contribution in [0.25, 0.3) is 0 Å². The third-order valence-electron chi connectivity index (χ3n) is 5.56. The van der Waals surface area contributed by atoms with Crippen LogP contribution >= 0.6 is 0 Å². The number of aryl methyl sites for hydroxylation is 2. The minimum absolute atomic E-state index is 0.266. The molecule has 39 heavy (non-hydrogen) atoms. The Morgan fingerprint density at radius 2 is 1.41 bits per heavy atom. The third-order valence-corrected chi connectivity index (χ3v) is 6.96. The molecule has 3 aromatic carbocycles. The lowest BCUT2D eigenvalue weighted by Gasteiger charge is -2.29. The Balaban J connectivity index is 1.61. The van der Waals surface area contributed by atoms with Crippen LogP contribution in [-0.4, -0.2) is 25.6 Å². The molecular formula is C29H32F3NO5S. The van der Waals surface area contributed by atoms with Gasteiger partial charge in [-0.1, -0.05) is 24.3 Å². The van der Waals surface area contributed by atoms with E-state index in [9.17, 15) is 26.4 Å². The molecule has 0 aliphatic heterocycles. The van der Waals surface area contributed by atoms with Crippen LogP contribution in [0.15, 0.2) is 77.7 Å². The first-order valence-electron chi connectivity index (χ1n) is 12.3. The van der Waals surface area contributed by atoms with E-state index < -0.39 is 38.9 Å². The number of hydrogen-bond donors (Lipinski definition) is 1. The van der Waals surface area contributed by atoms with Crippen molar-refractivity contribution >= 4 is 21.7 Å². The van der Waals surface area contributed by atoms with E-state index in [0.29, 0.717) is 24.3 Å². The standard InChI is InChI=1S/C29H32F3NO5S/c1-27(2,3)38-26(34)28(4,5)37-24-15-11-20(12-16-24)9-10-21-7-6-8-23(19-21)33-39(35,36)25-17-13-22(14-18-25)29(30,31)32/h6-8,11-19,33H,9-10H2,1-5H3. The number of ether oxygens (including phenoxy) is 2. The first kappa shape index (κ1) is 30.0. The molecule has 210 valence electrons. The van der Waals surface area contributed by atoms with Crippen LogP contribution in [-0.2, 0) is 38.6 Å². The van der Waals surface area contributed by atoms with Gasteiger partial charge in [-0.2, -0.15) is 13.2 Å². The van der Waals surface area contributed by atoms with Crippen LogP contribution < -0.4 is 9.46 Å². The van der Waals surface area contributed by atoms with Crippen molar-refractivity contribution in [3.63, 3.8) is 0 Å². The highest BCUT2D eigenvalue weighted by Crippen LogP contribution is 2.30. The highest BCUT2D eigenvalue weighted by molar-refractivity contribution is 7.92. The smallest absolute Gasteiger partial charge is 0.416 e. The van der Waals surface area contributed by atoms with Crippen molar-refractivity contribution < 1.29 is 35.9 Å². The number of rotatable bonds is 9. The molecule has 10 heteroatoms. The van der Waals surface area contributed by atoms with Crippen LogP contribution in [0.3, 0.4) is 0 Å². The summed E-state index contributed by atoms with van der Waals surface area (Å²) in [5, 5.41) is 0. The van der Waals surface area contributed by atoms with Crippen molar-refractivity contribution in [2.45, 2.75) is 69.7 Å². The van der Waals surface area contributed by atoms with Crippen molar-refractivity contribution in [1.29, 1.82) is 0 Å². The van der Waals surface area contributed by atoms with E-state index in [1.807, 2.05) is 18.2 Å². The molecule has 0 bridgehead atoms. The van der Waals surface area contributed by atoms with E-state index in [-0.39, 0.29) is 4.90 Å². The molecule has 0 unspecified atom stereocenters. The first-order valence-corrected chi connectivity index (χ1v) is 13.7. The average molecular weight is 564 g/mol. The quantitative estimate of drug-likeness (QED) is 0.290. The van der Waals surface area contributed by atoms with Crippen LogP contribution in [0, 0.1) is 0 Å². The Labute approximate surface area is 227 Å². The molecule has 0 aliphatic rings. The van der Waals surface area contributed by atoms with Crippen LogP contribution in [0.4, 0.5) is 18.9 Å². The topological polar surface area (TPSA) is 81.7 Å². The van der Waals surface area contributed by atoms with E-state index in [1.54, 1.807) is 65.0 Å². The number of anilines is 1. The van der Waals surface area contributed by atoms with Gasteiger partial charge in [-0.15, -0.1) is 0 Å². The van der Waals surface area contributed by atoms with E-state index >= 15 is 0 Å². The summed E-state index contributed by atoms with van der Waals surface area (Å²) in [6, 6.07) is 17.5. The predicted molar refractivity (Wildman–Crippen MR) is 143 cm³/mol. The minimum Gasteiger partial charge on any atom is -0.476 e. The lowest BCUT2D eigenvalue weighted by molar-refractivity contribution is -0.170. The van der Waals surface area contributed by atoms with Gasteiger partial charge in [0.2, 0.25) is 0 Å². The van der Waals surface area contributed by atoms with Gasteiger partial charge in [-0.25, -0.2) is 13.2 Å². The molecule has 0 aliphatic carbocycles. The lowest BCUT2D eigenvalue weighted by Crippen LogP contribution is -2.43. The number of benzene rings is 3. The second-order valence-corrected chi connectivity index (χ2v) is 12.3. The van der Waals surface area contributed by atoms with Gasteiger partial charge in [0.15, 0.2) is 5.60 Å². The van der Waals surface area contributed by atoms with E-state index in [2.05, 4.69) is 4.72 Å². The molecule has 3 aromatic rings. The second kappa shape index (κ2) is 11.3. The fourth-order valence-corrected chi connectivity index (χ4v) is 4.63. The molecule has 0 saturated heterocycles. The summed E-state index contributed by atoms with van der Waals surface area (Å²) in [7, 11) is -4.06. The highest BCUT2D eigenvalue weighted by Gasteiger charge is 2.35. The summed E-state index contributed by atoms with van der Waals surface area (Å²) < 4.78 is 77.3. The fraction of sp³-hybridized carbons (Fsp3) is 0.345. The minimum atomic E-state index is -4.55. The molecular weight excluding hydrogens is 531 g/mol. The van der Waals surface area contributed by atoms with Gasteiger partial charge < -0.3 is 9.47 Å². The average Bonchev–Trinajstić information content (AvgIpc) is 2.82. The number of nitrogens with one attached hydrogen (secondary N) is 1. The molecule has 6 nitrogen and oxygen atoms in total. The van der Waals surface area contributed by atoms with Crippen LogP contribution in [0.5, 0.6) is 5.75 Å². The molecule has 0 aromatic heterocycles. The number of halogens is 3. The van der Waals surface area contributed by atoms with Crippen molar-refractivity contribution in [3.8, 4) is 5.75 Å². The number of hydrogen-bond acceptors (Lipinski definition) is 5. The molecule has 0 saturated carbocycles. The fourth-order valence-electron chi connectivity index (χ4n) is 3.58. The van der Waals surface area contributed by atoms with E-state index in [1.165, 1.54) is 0 Å². The van der Waals surface area contributed by atoms with Crippen LogP contribution in [0.1, 0.15) is 51.3 Å². The summed E-state index contributed by atoms with van der Waals surface area (Å²) in [6.07, 6.45) is -3.28. The first-order chi connectivity index (χ1) is 17.9. The normalized spacial score (nSPS) is 12.6.